The molecule has 5 nitrogen and oxygen atoms in total. The number of imidazole rings is 1. The summed E-state index contributed by atoms with van der Waals surface area (Å²) in [6.07, 6.45) is 1.44. The van der Waals surface area contributed by atoms with Gasteiger partial charge in [0, 0.05) is 6.07 Å². The van der Waals surface area contributed by atoms with Crippen LogP contribution in [-0.2, 0) is 0 Å². The zero-order chi connectivity index (χ0) is 7.68. The highest BCUT2D eigenvalue weighted by molar-refractivity contribution is 9.10. The Labute approximate surface area is 70.4 Å². The van der Waals surface area contributed by atoms with Crippen LogP contribution in [0.4, 0.5) is 0 Å². The molecule has 2 heterocycles. The highest BCUT2D eigenvalue weighted by Gasteiger charge is 2.05. The summed E-state index contributed by atoms with van der Waals surface area (Å²) < 4.78 is 0.598. The number of hydrogen-bond donors (Lipinski definition) is 0. The smallest absolute Gasteiger partial charge is 0.203 e. The zero-order valence-electron chi connectivity index (χ0n) is 5.27. The van der Waals surface area contributed by atoms with Crippen molar-refractivity contribution in [2.24, 2.45) is 0 Å². The summed E-state index contributed by atoms with van der Waals surface area (Å²) in [6, 6.07) is 1.71. The second-order valence-electron chi connectivity index (χ2n) is 1.84. The number of fused-ring (bicyclic) bond motifs is 1. The monoisotopic (exact) mass is 211 g/mol. The molecule has 11 heavy (non-hydrogen) atoms. The molecule has 0 aliphatic carbocycles. The molecule has 2 aliphatic heterocycles. The summed E-state index contributed by atoms with van der Waals surface area (Å²) in [6.45, 7) is 0. The lowest BCUT2D eigenvalue weighted by atomic mass is 10.4. The van der Waals surface area contributed by atoms with E-state index < -0.39 is 0 Å². The first-order chi connectivity index (χ1) is 5.36. The fraction of sp³-hybridized carbons (Fsp3) is 0. The summed E-state index contributed by atoms with van der Waals surface area (Å²) in [5.74, 6) is 0.503. The van der Waals surface area contributed by atoms with Crippen molar-refractivity contribution < 1.29 is 0 Å². The molecular formula is C5H2BrN5. The Morgan fingerprint density at radius 1 is 1.18 bits per heavy atom. The van der Waals surface area contributed by atoms with E-state index in [1.165, 1.54) is 6.33 Å². The Balaban J connectivity index is 2.73. The maximum Gasteiger partial charge on any atom is 0.203 e. The molecule has 54 valence electrons. The standard InChI is InChI=1S/C5H2BrN5/c6-4-1-3-5(8-2-7-3)10-11-9-4/h1-2H. The molecule has 6 heteroatoms. The Morgan fingerprint density at radius 2 is 2.09 bits per heavy atom. The van der Waals surface area contributed by atoms with Crippen LogP contribution in [0.25, 0.3) is 11.5 Å². The van der Waals surface area contributed by atoms with Crippen LogP contribution >= 0.6 is 15.9 Å². The molecule has 2 aliphatic rings. The SMILES string of the molecule is Brc1cc2ncnc-2nnn1. The van der Waals surface area contributed by atoms with Crippen molar-refractivity contribution in [3.63, 3.8) is 0 Å². The Kier molecular flexibility index (Phi) is 1.46. The Bertz CT molecular complexity index is 351. The zero-order valence-corrected chi connectivity index (χ0v) is 6.85. The van der Waals surface area contributed by atoms with E-state index in [0.717, 1.165) is 0 Å². The predicted molar refractivity (Wildman–Crippen MR) is 39.7 cm³/mol. The topological polar surface area (TPSA) is 64.5 Å². The van der Waals surface area contributed by atoms with E-state index in [4.69, 9.17) is 0 Å². The van der Waals surface area contributed by atoms with E-state index in [1.54, 1.807) is 6.07 Å². The minimum absolute atomic E-state index is 0.503. The summed E-state index contributed by atoms with van der Waals surface area (Å²) >= 11 is 3.17. The van der Waals surface area contributed by atoms with E-state index in [1.807, 2.05) is 0 Å². The average molecular weight is 212 g/mol. The molecule has 0 spiro atoms. The highest BCUT2D eigenvalue weighted by Crippen LogP contribution is 2.13. The second-order valence-corrected chi connectivity index (χ2v) is 2.65. The van der Waals surface area contributed by atoms with Gasteiger partial charge in [0.1, 0.15) is 16.6 Å². The second kappa shape index (κ2) is 2.46. The minimum atomic E-state index is 0.503. The van der Waals surface area contributed by atoms with Crippen molar-refractivity contribution in [2.45, 2.75) is 0 Å². The number of halogens is 1. The number of hydrogen-bond acceptors (Lipinski definition) is 5. The Morgan fingerprint density at radius 3 is 3.00 bits per heavy atom. The van der Waals surface area contributed by atoms with Crippen molar-refractivity contribution in [1.29, 1.82) is 0 Å². The van der Waals surface area contributed by atoms with Crippen LogP contribution in [0, 0.1) is 0 Å². The molecular weight excluding hydrogens is 210 g/mol. The third-order valence-corrected chi connectivity index (χ3v) is 1.53. The van der Waals surface area contributed by atoms with Crippen molar-refractivity contribution in [2.75, 3.05) is 0 Å². The van der Waals surface area contributed by atoms with Gasteiger partial charge < -0.3 is 0 Å². The third kappa shape index (κ3) is 1.16. The molecule has 0 atom stereocenters. The molecule has 0 aromatic carbocycles. The van der Waals surface area contributed by atoms with Crippen molar-refractivity contribution in [3.05, 3.63) is 17.0 Å². The molecule has 0 N–H and O–H groups in total. The van der Waals surface area contributed by atoms with Gasteiger partial charge in [-0.1, -0.05) is 0 Å². The molecule has 0 saturated heterocycles. The van der Waals surface area contributed by atoms with E-state index in [0.29, 0.717) is 16.1 Å². The fourth-order valence-electron chi connectivity index (χ4n) is 0.698. The molecule has 0 fully saturated rings. The Hall–Kier alpha value is -1.17. The maximum atomic E-state index is 3.94. The van der Waals surface area contributed by atoms with Crippen LogP contribution in [0.2, 0.25) is 0 Å². The first kappa shape index (κ1) is 6.53. The minimum Gasteiger partial charge on any atom is -0.233 e. The summed E-state index contributed by atoms with van der Waals surface area (Å²) in [4.78, 5) is 7.79. The van der Waals surface area contributed by atoms with E-state index in [9.17, 15) is 0 Å². The first-order valence-corrected chi connectivity index (χ1v) is 3.62. The van der Waals surface area contributed by atoms with Crippen LogP contribution in [0.15, 0.2) is 17.0 Å². The highest BCUT2D eigenvalue weighted by atomic mass is 79.9. The summed E-state index contributed by atoms with van der Waals surface area (Å²) in [5.41, 5.74) is 0.682. The summed E-state index contributed by atoms with van der Waals surface area (Å²) in [7, 11) is 0. The van der Waals surface area contributed by atoms with Crippen LogP contribution < -0.4 is 0 Å². The number of aromatic nitrogens is 5. The van der Waals surface area contributed by atoms with E-state index in [-0.39, 0.29) is 0 Å². The van der Waals surface area contributed by atoms with Gasteiger partial charge in [-0.15, -0.1) is 10.2 Å². The van der Waals surface area contributed by atoms with Crippen molar-refractivity contribution in [3.8, 4) is 11.5 Å². The van der Waals surface area contributed by atoms with Gasteiger partial charge in [-0.3, -0.25) is 0 Å². The first-order valence-electron chi connectivity index (χ1n) is 2.83. The lowest BCUT2D eigenvalue weighted by Gasteiger charge is -1.79. The lowest BCUT2D eigenvalue weighted by molar-refractivity contribution is 0.875. The van der Waals surface area contributed by atoms with Gasteiger partial charge in [0.25, 0.3) is 0 Å². The molecule has 0 aromatic rings. The average Bonchev–Trinajstić information content (AvgIpc) is 2.31. The van der Waals surface area contributed by atoms with Gasteiger partial charge in [-0.05, 0) is 21.1 Å². The quantitative estimate of drug-likeness (QED) is 0.637. The molecule has 0 bridgehead atoms. The van der Waals surface area contributed by atoms with E-state index in [2.05, 4.69) is 41.3 Å². The molecule has 0 unspecified atom stereocenters. The normalized spacial score (nSPS) is 10.3. The van der Waals surface area contributed by atoms with Gasteiger partial charge >= 0.3 is 0 Å². The van der Waals surface area contributed by atoms with Crippen molar-refractivity contribution in [1.82, 2.24) is 25.4 Å². The van der Waals surface area contributed by atoms with Gasteiger partial charge in [0.05, 0.1) is 0 Å². The molecule has 0 amide bonds. The van der Waals surface area contributed by atoms with Gasteiger partial charge in [-0.25, -0.2) is 9.97 Å². The fourth-order valence-corrected chi connectivity index (χ4v) is 0.985. The van der Waals surface area contributed by atoms with E-state index >= 15 is 0 Å². The third-order valence-electron chi connectivity index (χ3n) is 1.14. The van der Waals surface area contributed by atoms with Crippen LogP contribution in [0.3, 0.4) is 0 Å². The lowest BCUT2D eigenvalue weighted by Crippen LogP contribution is -1.80. The number of rotatable bonds is 0. The van der Waals surface area contributed by atoms with Crippen molar-refractivity contribution >= 4 is 15.9 Å². The molecule has 0 aromatic heterocycles. The van der Waals surface area contributed by atoms with Gasteiger partial charge in [-0.2, -0.15) is 0 Å². The van der Waals surface area contributed by atoms with Crippen LogP contribution in [-0.4, -0.2) is 25.4 Å². The van der Waals surface area contributed by atoms with Crippen LogP contribution in [0.5, 0.6) is 0 Å². The molecule has 0 radical (unpaired) electrons. The molecule has 2 rings (SSSR count). The van der Waals surface area contributed by atoms with Crippen LogP contribution in [0.1, 0.15) is 0 Å². The predicted octanol–water partition coefficient (Wildman–Crippen LogP) is 0.529. The van der Waals surface area contributed by atoms with Gasteiger partial charge in [0.2, 0.25) is 5.82 Å². The maximum absolute atomic E-state index is 3.94. The van der Waals surface area contributed by atoms with Gasteiger partial charge in [0.15, 0.2) is 0 Å². The summed E-state index contributed by atoms with van der Waals surface area (Å²) in [5, 5.41) is 10.9. The number of nitrogens with zero attached hydrogens (tertiary/aromatic N) is 5. The molecule has 0 saturated carbocycles. The largest absolute Gasteiger partial charge is 0.233 e.